The molecular weight excluding hydrogens is 401 g/mol. The summed E-state index contributed by atoms with van der Waals surface area (Å²) in [5, 5.41) is 0.610. The van der Waals surface area contributed by atoms with Crippen molar-refractivity contribution in [2.24, 2.45) is 0 Å². The molecule has 1 aliphatic heterocycles. The van der Waals surface area contributed by atoms with Gasteiger partial charge in [-0.25, -0.2) is 14.4 Å². The summed E-state index contributed by atoms with van der Waals surface area (Å²) >= 11 is 1.44. The van der Waals surface area contributed by atoms with E-state index in [4.69, 9.17) is 10.5 Å². The molecule has 4 rings (SSSR count). The predicted octanol–water partition coefficient (Wildman–Crippen LogP) is 4.09. The van der Waals surface area contributed by atoms with Gasteiger partial charge in [0.15, 0.2) is 5.16 Å². The second-order valence-electron chi connectivity index (χ2n) is 6.97. The van der Waals surface area contributed by atoms with Crippen LogP contribution in [0.4, 0.5) is 27.4 Å². The quantitative estimate of drug-likeness (QED) is 0.471. The average molecular weight is 426 g/mol. The summed E-state index contributed by atoms with van der Waals surface area (Å²) in [5.41, 5.74) is 9.13. The molecular formula is C22H24FN5OS. The monoisotopic (exact) mass is 425 g/mol. The smallest absolute Gasteiger partial charge is 0.191 e. The Balaban J connectivity index is 1.67. The number of nitrogens with zero attached hydrogens (tertiary/aromatic N) is 4. The highest BCUT2D eigenvalue weighted by Gasteiger charge is 2.16. The van der Waals surface area contributed by atoms with E-state index >= 15 is 0 Å². The number of thioether (sulfide) groups is 1. The molecule has 0 spiro atoms. The van der Waals surface area contributed by atoms with Crippen molar-refractivity contribution in [3.05, 3.63) is 66.0 Å². The van der Waals surface area contributed by atoms with Crippen LogP contribution in [0.1, 0.15) is 5.56 Å². The number of nitrogens with two attached hydrogens (primary N) is 1. The largest absolute Gasteiger partial charge is 0.383 e. The number of morpholine rings is 1. The molecule has 0 atom stereocenters. The Morgan fingerprint density at radius 2 is 1.77 bits per heavy atom. The molecule has 3 aromatic rings. The standard InChI is InChI=1S/C22H24FN5OS/c1-30-22-25-20(24)14-21(26-22)28(15-16-2-4-17(23)5-3-16)19-8-6-18(7-9-19)27-10-12-29-13-11-27/h2-9,14H,10-13,15H2,1H3,(H2,24,25,26). The molecule has 1 fully saturated rings. The van der Waals surface area contributed by atoms with Gasteiger partial charge in [-0.05, 0) is 48.2 Å². The minimum Gasteiger partial charge on any atom is -0.383 e. The fourth-order valence-electron chi connectivity index (χ4n) is 3.40. The highest BCUT2D eigenvalue weighted by Crippen LogP contribution is 2.30. The summed E-state index contributed by atoms with van der Waals surface area (Å²) < 4.78 is 18.8. The zero-order valence-corrected chi connectivity index (χ0v) is 17.6. The number of ether oxygens (including phenoxy) is 1. The van der Waals surface area contributed by atoms with Gasteiger partial charge in [0.25, 0.3) is 0 Å². The minimum absolute atomic E-state index is 0.254. The van der Waals surface area contributed by atoms with Crippen molar-refractivity contribution in [1.29, 1.82) is 0 Å². The zero-order valence-electron chi connectivity index (χ0n) is 16.8. The average Bonchev–Trinajstić information content (AvgIpc) is 2.79. The first-order valence-corrected chi connectivity index (χ1v) is 11.0. The van der Waals surface area contributed by atoms with E-state index in [1.54, 1.807) is 18.2 Å². The maximum atomic E-state index is 13.4. The van der Waals surface area contributed by atoms with Crippen molar-refractivity contribution in [2.45, 2.75) is 11.7 Å². The van der Waals surface area contributed by atoms with Gasteiger partial charge in [-0.3, -0.25) is 0 Å². The molecule has 0 saturated carbocycles. The van der Waals surface area contributed by atoms with E-state index in [-0.39, 0.29) is 5.82 Å². The number of anilines is 4. The van der Waals surface area contributed by atoms with Crippen molar-refractivity contribution in [1.82, 2.24) is 9.97 Å². The topological polar surface area (TPSA) is 67.5 Å². The molecule has 6 nitrogen and oxygen atoms in total. The maximum Gasteiger partial charge on any atom is 0.191 e. The zero-order chi connectivity index (χ0) is 20.9. The van der Waals surface area contributed by atoms with Crippen molar-refractivity contribution in [3.63, 3.8) is 0 Å². The van der Waals surface area contributed by atoms with E-state index in [0.717, 1.165) is 43.2 Å². The third kappa shape index (κ3) is 4.83. The SMILES string of the molecule is CSc1nc(N)cc(N(Cc2ccc(F)cc2)c2ccc(N3CCOCC3)cc2)n1. The minimum atomic E-state index is -0.254. The number of rotatable bonds is 6. The van der Waals surface area contributed by atoms with Gasteiger partial charge in [-0.2, -0.15) is 0 Å². The second-order valence-corrected chi connectivity index (χ2v) is 7.74. The molecule has 1 saturated heterocycles. The molecule has 8 heteroatoms. The van der Waals surface area contributed by atoms with Crippen LogP contribution in [-0.4, -0.2) is 42.5 Å². The van der Waals surface area contributed by atoms with Crippen molar-refractivity contribution >= 4 is 34.8 Å². The third-order valence-corrected chi connectivity index (χ3v) is 5.51. The van der Waals surface area contributed by atoms with Gasteiger partial charge >= 0.3 is 0 Å². The first-order valence-electron chi connectivity index (χ1n) is 9.75. The summed E-state index contributed by atoms with van der Waals surface area (Å²) in [6.07, 6.45) is 1.92. The van der Waals surface area contributed by atoms with Gasteiger partial charge in [0.05, 0.1) is 13.2 Å². The molecule has 2 heterocycles. The van der Waals surface area contributed by atoms with E-state index < -0.39 is 0 Å². The summed E-state index contributed by atoms with van der Waals surface area (Å²) in [5.74, 6) is 0.866. The number of aromatic nitrogens is 2. The fraction of sp³-hybridized carbons (Fsp3) is 0.273. The normalized spacial score (nSPS) is 14.0. The Morgan fingerprint density at radius 1 is 1.07 bits per heavy atom. The van der Waals surface area contributed by atoms with E-state index in [9.17, 15) is 4.39 Å². The van der Waals surface area contributed by atoms with Crippen LogP contribution in [0, 0.1) is 5.82 Å². The van der Waals surface area contributed by atoms with E-state index in [1.165, 1.54) is 23.9 Å². The molecule has 0 radical (unpaired) electrons. The van der Waals surface area contributed by atoms with Gasteiger partial charge in [0.1, 0.15) is 17.5 Å². The Labute approximate surface area is 179 Å². The van der Waals surface area contributed by atoms with E-state index in [1.807, 2.05) is 6.26 Å². The van der Waals surface area contributed by atoms with Crippen LogP contribution in [0.15, 0.2) is 59.8 Å². The van der Waals surface area contributed by atoms with Crippen LogP contribution >= 0.6 is 11.8 Å². The number of halogens is 1. The number of nitrogen functional groups attached to an aromatic ring is 1. The lowest BCUT2D eigenvalue weighted by molar-refractivity contribution is 0.122. The summed E-state index contributed by atoms with van der Waals surface area (Å²) in [6.45, 7) is 3.80. The van der Waals surface area contributed by atoms with Crippen LogP contribution in [0.5, 0.6) is 0 Å². The molecule has 30 heavy (non-hydrogen) atoms. The van der Waals surface area contributed by atoms with Gasteiger partial charge in [-0.1, -0.05) is 23.9 Å². The molecule has 0 unspecified atom stereocenters. The summed E-state index contributed by atoms with van der Waals surface area (Å²) in [6, 6.07) is 16.6. The van der Waals surface area contributed by atoms with Gasteiger partial charge < -0.3 is 20.3 Å². The van der Waals surface area contributed by atoms with E-state index in [0.29, 0.717) is 23.3 Å². The fourth-order valence-corrected chi connectivity index (χ4v) is 3.78. The first-order chi connectivity index (χ1) is 14.6. The number of hydrogen-bond donors (Lipinski definition) is 1. The Bertz CT molecular complexity index is 978. The van der Waals surface area contributed by atoms with Gasteiger partial charge in [0.2, 0.25) is 0 Å². The van der Waals surface area contributed by atoms with E-state index in [2.05, 4.69) is 44.0 Å². The lowest BCUT2D eigenvalue weighted by atomic mass is 10.1. The predicted molar refractivity (Wildman–Crippen MR) is 120 cm³/mol. The maximum absolute atomic E-state index is 13.4. The highest BCUT2D eigenvalue weighted by molar-refractivity contribution is 7.98. The molecule has 2 N–H and O–H groups in total. The first kappa shape index (κ1) is 20.4. The van der Waals surface area contributed by atoms with Crippen molar-refractivity contribution < 1.29 is 9.13 Å². The van der Waals surface area contributed by atoms with Crippen LogP contribution in [0.3, 0.4) is 0 Å². The second kappa shape index (κ2) is 9.32. The molecule has 156 valence electrons. The molecule has 0 aliphatic carbocycles. The van der Waals surface area contributed by atoms with Gasteiger partial charge in [0, 0.05) is 37.1 Å². The molecule has 1 aromatic heterocycles. The molecule has 2 aromatic carbocycles. The van der Waals surface area contributed by atoms with Crippen LogP contribution in [0.25, 0.3) is 0 Å². The highest BCUT2D eigenvalue weighted by atomic mass is 32.2. The summed E-state index contributed by atoms with van der Waals surface area (Å²) in [4.78, 5) is 13.3. The Kier molecular flexibility index (Phi) is 6.35. The third-order valence-electron chi connectivity index (χ3n) is 4.96. The van der Waals surface area contributed by atoms with Crippen LogP contribution in [-0.2, 0) is 11.3 Å². The lowest BCUT2D eigenvalue weighted by Gasteiger charge is -2.30. The van der Waals surface area contributed by atoms with Crippen LogP contribution < -0.4 is 15.5 Å². The lowest BCUT2D eigenvalue weighted by Crippen LogP contribution is -2.36. The number of hydrogen-bond acceptors (Lipinski definition) is 7. The Morgan fingerprint density at radius 3 is 2.43 bits per heavy atom. The van der Waals surface area contributed by atoms with Crippen LogP contribution in [0.2, 0.25) is 0 Å². The van der Waals surface area contributed by atoms with Crippen molar-refractivity contribution in [3.8, 4) is 0 Å². The summed E-state index contributed by atoms with van der Waals surface area (Å²) in [7, 11) is 0. The molecule has 0 amide bonds. The number of benzene rings is 2. The van der Waals surface area contributed by atoms with Crippen molar-refractivity contribution in [2.75, 3.05) is 48.1 Å². The molecule has 0 bridgehead atoms. The Hall–Kier alpha value is -2.84. The molecule has 1 aliphatic rings. The van der Waals surface area contributed by atoms with Gasteiger partial charge in [-0.15, -0.1) is 0 Å².